The summed E-state index contributed by atoms with van der Waals surface area (Å²) in [6.07, 6.45) is 2.05. The van der Waals surface area contributed by atoms with Gasteiger partial charge in [-0.1, -0.05) is 0 Å². The molecular weight excluding hydrogens is 298 g/mol. The number of rotatable bonds is 3. The van der Waals surface area contributed by atoms with Gasteiger partial charge in [-0.15, -0.1) is 5.10 Å². The molecule has 18 heavy (non-hydrogen) atoms. The standard InChI is InChI=1S/C11H14BrN5O/c12-9-2-1-4-17-10(9)15-11(16-17)14-7-8-6-13-3-5-18-8/h1-2,4,8,13H,3,5-7H2,(H,14,16). The molecule has 0 amide bonds. The van der Waals surface area contributed by atoms with E-state index in [1.165, 1.54) is 0 Å². The van der Waals surface area contributed by atoms with E-state index in [2.05, 4.69) is 36.6 Å². The third-order valence-electron chi connectivity index (χ3n) is 2.81. The van der Waals surface area contributed by atoms with Gasteiger partial charge in [0, 0.05) is 25.8 Å². The zero-order valence-electron chi connectivity index (χ0n) is 9.77. The van der Waals surface area contributed by atoms with Crippen molar-refractivity contribution >= 4 is 27.5 Å². The first kappa shape index (κ1) is 11.9. The second kappa shape index (κ2) is 5.21. The number of aromatic nitrogens is 3. The van der Waals surface area contributed by atoms with E-state index in [0.717, 1.165) is 29.8 Å². The van der Waals surface area contributed by atoms with Gasteiger partial charge < -0.3 is 15.4 Å². The Balaban J connectivity index is 1.69. The molecular formula is C11H14BrN5O. The van der Waals surface area contributed by atoms with Gasteiger partial charge in [0.2, 0.25) is 5.95 Å². The minimum absolute atomic E-state index is 0.175. The minimum Gasteiger partial charge on any atom is -0.374 e. The highest BCUT2D eigenvalue weighted by atomic mass is 79.9. The molecule has 0 saturated carbocycles. The number of nitrogens with zero attached hydrogens (tertiary/aromatic N) is 3. The third-order valence-corrected chi connectivity index (χ3v) is 3.43. The molecule has 0 aromatic carbocycles. The van der Waals surface area contributed by atoms with Crippen molar-refractivity contribution in [2.75, 3.05) is 31.6 Å². The number of fused-ring (bicyclic) bond motifs is 1. The molecule has 3 heterocycles. The van der Waals surface area contributed by atoms with Crippen molar-refractivity contribution in [3.05, 3.63) is 22.8 Å². The number of morpholine rings is 1. The Hall–Kier alpha value is -1.18. The molecule has 1 aliphatic heterocycles. The van der Waals surface area contributed by atoms with Crippen LogP contribution in [0.2, 0.25) is 0 Å². The molecule has 96 valence electrons. The lowest BCUT2D eigenvalue weighted by molar-refractivity contribution is 0.0371. The molecule has 1 unspecified atom stereocenters. The second-order valence-corrected chi connectivity index (χ2v) is 4.99. The Kier molecular flexibility index (Phi) is 3.44. The summed E-state index contributed by atoms with van der Waals surface area (Å²) in [5.74, 6) is 0.621. The highest BCUT2D eigenvalue weighted by molar-refractivity contribution is 9.10. The van der Waals surface area contributed by atoms with Crippen molar-refractivity contribution in [1.29, 1.82) is 0 Å². The predicted octanol–water partition coefficient (Wildman–Crippen LogP) is 0.892. The summed E-state index contributed by atoms with van der Waals surface area (Å²) in [5, 5.41) is 10.8. The first-order chi connectivity index (χ1) is 8.83. The van der Waals surface area contributed by atoms with Crippen molar-refractivity contribution < 1.29 is 4.74 Å². The Morgan fingerprint density at radius 1 is 1.61 bits per heavy atom. The van der Waals surface area contributed by atoms with Gasteiger partial charge in [-0.25, -0.2) is 4.52 Å². The van der Waals surface area contributed by atoms with Gasteiger partial charge in [0.25, 0.3) is 0 Å². The van der Waals surface area contributed by atoms with E-state index in [-0.39, 0.29) is 6.10 Å². The van der Waals surface area contributed by atoms with Crippen molar-refractivity contribution in [3.8, 4) is 0 Å². The average Bonchev–Trinajstić information content (AvgIpc) is 2.82. The number of hydrogen-bond acceptors (Lipinski definition) is 5. The molecule has 0 bridgehead atoms. The number of ether oxygens (including phenoxy) is 1. The van der Waals surface area contributed by atoms with Crippen LogP contribution in [0.5, 0.6) is 0 Å². The monoisotopic (exact) mass is 311 g/mol. The number of nitrogens with one attached hydrogen (secondary N) is 2. The average molecular weight is 312 g/mol. The predicted molar refractivity (Wildman–Crippen MR) is 71.8 cm³/mol. The zero-order valence-corrected chi connectivity index (χ0v) is 11.4. The van der Waals surface area contributed by atoms with Gasteiger partial charge in [-0.2, -0.15) is 4.98 Å². The van der Waals surface area contributed by atoms with E-state index < -0.39 is 0 Å². The van der Waals surface area contributed by atoms with Gasteiger partial charge in [0.05, 0.1) is 17.2 Å². The van der Waals surface area contributed by atoms with Gasteiger partial charge in [-0.3, -0.25) is 0 Å². The number of halogens is 1. The third kappa shape index (κ3) is 2.47. The molecule has 0 radical (unpaired) electrons. The molecule has 1 atom stereocenters. The van der Waals surface area contributed by atoms with Crippen molar-refractivity contribution in [2.24, 2.45) is 0 Å². The molecule has 2 aromatic rings. The lowest BCUT2D eigenvalue weighted by atomic mass is 10.3. The maximum atomic E-state index is 5.60. The molecule has 1 aliphatic rings. The van der Waals surface area contributed by atoms with E-state index in [4.69, 9.17) is 4.74 Å². The smallest absolute Gasteiger partial charge is 0.243 e. The van der Waals surface area contributed by atoms with Crippen LogP contribution in [0.3, 0.4) is 0 Å². The summed E-state index contributed by atoms with van der Waals surface area (Å²) in [6.45, 7) is 3.26. The molecule has 2 aromatic heterocycles. The number of anilines is 1. The molecule has 1 fully saturated rings. The molecule has 2 N–H and O–H groups in total. The Labute approximate surface area is 113 Å². The SMILES string of the molecule is Brc1cccn2nc(NCC3CNCCO3)nc12. The normalized spacial score (nSPS) is 20.2. The summed E-state index contributed by atoms with van der Waals surface area (Å²) >= 11 is 3.45. The topological polar surface area (TPSA) is 63.5 Å². The van der Waals surface area contributed by atoms with Crippen molar-refractivity contribution in [2.45, 2.75) is 6.10 Å². The Morgan fingerprint density at radius 2 is 2.56 bits per heavy atom. The highest BCUT2D eigenvalue weighted by Gasteiger charge is 2.14. The number of pyridine rings is 1. The highest BCUT2D eigenvalue weighted by Crippen LogP contribution is 2.16. The molecule has 3 rings (SSSR count). The van der Waals surface area contributed by atoms with Crippen molar-refractivity contribution in [3.63, 3.8) is 0 Å². The lowest BCUT2D eigenvalue weighted by Crippen LogP contribution is -2.42. The summed E-state index contributed by atoms with van der Waals surface area (Å²) in [5.41, 5.74) is 0.808. The van der Waals surface area contributed by atoms with Crippen LogP contribution in [0.4, 0.5) is 5.95 Å². The van der Waals surface area contributed by atoms with Crippen LogP contribution in [0.1, 0.15) is 0 Å². The lowest BCUT2D eigenvalue weighted by Gasteiger charge is -2.23. The molecule has 0 spiro atoms. The Morgan fingerprint density at radius 3 is 3.33 bits per heavy atom. The number of hydrogen-bond donors (Lipinski definition) is 2. The van der Waals surface area contributed by atoms with Crippen LogP contribution in [0, 0.1) is 0 Å². The Bertz CT molecular complexity index is 537. The fourth-order valence-electron chi connectivity index (χ4n) is 1.90. The van der Waals surface area contributed by atoms with E-state index >= 15 is 0 Å². The first-order valence-corrected chi connectivity index (χ1v) is 6.69. The van der Waals surface area contributed by atoms with Crippen LogP contribution >= 0.6 is 15.9 Å². The fraction of sp³-hybridized carbons (Fsp3) is 0.455. The van der Waals surface area contributed by atoms with Gasteiger partial charge in [0.1, 0.15) is 0 Å². The van der Waals surface area contributed by atoms with Crippen LogP contribution in [-0.2, 0) is 4.74 Å². The van der Waals surface area contributed by atoms with Gasteiger partial charge in [0.15, 0.2) is 5.65 Å². The summed E-state index contributed by atoms with van der Waals surface area (Å²) < 4.78 is 8.27. The van der Waals surface area contributed by atoms with Crippen LogP contribution in [0.15, 0.2) is 22.8 Å². The van der Waals surface area contributed by atoms with Crippen molar-refractivity contribution in [1.82, 2.24) is 19.9 Å². The van der Waals surface area contributed by atoms with Crippen LogP contribution in [-0.4, -0.2) is 46.9 Å². The van der Waals surface area contributed by atoms with E-state index in [9.17, 15) is 0 Å². The fourth-order valence-corrected chi connectivity index (χ4v) is 2.33. The summed E-state index contributed by atoms with van der Waals surface area (Å²) in [4.78, 5) is 4.41. The molecule has 6 nitrogen and oxygen atoms in total. The maximum Gasteiger partial charge on any atom is 0.243 e. The van der Waals surface area contributed by atoms with Crippen LogP contribution in [0.25, 0.3) is 5.65 Å². The summed E-state index contributed by atoms with van der Waals surface area (Å²) in [6, 6.07) is 3.87. The summed E-state index contributed by atoms with van der Waals surface area (Å²) in [7, 11) is 0. The molecule has 0 aliphatic carbocycles. The van der Waals surface area contributed by atoms with E-state index in [0.29, 0.717) is 12.5 Å². The minimum atomic E-state index is 0.175. The molecule has 7 heteroatoms. The largest absolute Gasteiger partial charge is 0.374 e. The van der Waals surface area contributed by atoms with E-state index in [1.54, 1.807) is 4.52 Å². The van der Waals surface area contributed by atoms with Crippen LogP contribution < -0.4 is 10.6 Å². The first-order valence-electron chi connectivity index (χ1n) is 5.90. The zero-order chi connectivity index (χ0) is 12.4. The van der Waals surface area contributed by atoms with Gasteiger partial charge >= 0.3 is 0 Å². The van der Waals surface area contributed by atoms with E-state index in [1.807, 2.05) is 18.3 Å². The molecule has 1 saturated heterocycles. The quantitative estimate of drug-likeness (QED) is 0.881. The maximum absolute atomic E-state index is 5.60. The second-order valence-electron chi connectivity index (χ2n) is 4.14. The van der Waals surface area contributed by atoms with Gasteiger partial charge in [-0.05, 0) is 28.1 Å².